The molecular weight excluding hydrogens is 387 g/mol. The first-order chi connectivity index (χ1) is 10.7. The second-order valence-electron chi connectivity index (χ2n) is 5.53. The van der Waals surface area contributed by atoms with Crippen LogP contribution < -0.4 is 10.2 Å². The zero-order valence-electron chi connectivity index (χ0n) is 12.4. The highest BCUT2D eigenvalue weighted by atomic mass is 127. The maximum Gasteiger partial charge on any atom is 0.255 e. The van der Waals surface area contributed by atoms with Crippen molar-refractivity contribution in [1.29, 1.82) is 0 Å². The van der Waals surface area contributed by atoms with Crippen molar-refractivity contribution in [2.75, 3.05) is 23.3 Å². The third-order valence-corrected chi connectivity index (χ3v) is 4.67. The van der Waals surface area contributed by atoms with Crippen LogP contribution in [0.1, 0.15) is 29.6 Å². The predicted octanol–water partition coefficient (Wildman–Crippen LogP) is 4.53. The predicted molar refractivity (Wildman–Crippen MR) is 99.6 cm³/mol. The van der Waals surface area contributed by atoms with E-state index in [0.29, 0.717) is 5.56 Å². The van der Waals surface area contributed by atoms with Gasteiger partial charge in [-0.2, -0.15) is 0 Å². The summed E-state index contributed by atoms with van der Waals surface area (Å²) in [6.45, 7) is 2.13. The van der Waals surface area contributed by atoms with E-state index in [1.54, 1.807) is 0 Å². The molecule has 22 heavy (non-hydrogen) atoms. The van der Waals surface area contributed by atoms with Crippen LogP contribution in [0.2, 0.25) is 0 Å². The molecule has 1 fully saturated rings. The molecule has 0 spiro atoms. The lowest BCUT2D eigenvalue weighted by molar-refractivity contribution is 0.102. The van der Waals surface area contributed by atoms with Crippen molar-refractivity contribution in [2.24, 2.45) is 0 Å². The van der Waals surface area contributed by atoms with Gasteiger partial charge in [0.15, 0.2) is 0 Å². The largest absolute Gasteiger partial charge is 0.370 e. The fourth-order valence-electron chi connectivity index (χ4n) is 2.79. The van der Waals surface area contributed by atoms with Crippen LogP contribution in [0.3, 0.4) is 0 Å². The van der Waals surface area contributed by atoms with E-state index < -0.39 is 0 Å². The van der Waals surface area contributed by atoms with Gasteiger partial charge in [0.05, 0.1) is 11.4 Å². The second-order valence-corrected chi connectivity index (χ2v) is 6.77. The average Bonchev–Trinajstić information content (AvgIpc) is 2.57. The van der Waals surface area contributed by atoms with Gasteiger partial charge in [-0.3, -0.25) is 4.79 Å². The van der Waals surface area contributed by atoms with E-state index in [1.807, 2.05) is 42.5 Å². The first kappa shape index (κ1) is 15.3. The molecule has 2 aromatic carbocycles. The Bertz CT molecular complexity index is 648. The summed E-state index contributed by atoms with van der Waals surface area (Å²) in [5, 5.41) is 3.06. The van der Waals surface area contributed by atoms with Crippen molar-refractivity contribution in [3.05, 3.63) is 57.7 Å². The number of para-hydroxylation sites is 2. The first-order valence-electron chi connectivity index (χ1n) is 7.65. The summed E-state index contributed by atoms with van der Waals surface area (Å²) in [5.41, 5.74) is 2.71. The van der Waals surface area contributed by atoms with Gasteiger partial charge in [-0.15, -0.1) is 0 Å². The minimum Gasteiger partial charge on any atom is -0.370 e. The number of anilines is 2. The average molecular weight is 406 g/mol. The van der Waals surface area contributed by atoms with Gasteiger partial charge in [-0.05, 0) is 78.3 Å². The normalized spacial score (nSPS) is 14.7. The van der Waals surface area contributed by atoms with E-state index in [-0.39, 0.29) is 5.91 Å². The van der Waals surface area contributed by atoms with Crippen LogP contribution in [0.15, 0.2) is 48.5 Å². The molecule has 0 unspecified atom stereocenters. The van der Waals surface area contributed by atoms with Gasteiger partial charge >= 0.3 is 0 Å². The van der Waals surface area contributed by atoms with Crippen molar-refractivity contribution in [2.45, 2.75) is 19.3 Å². The van der Waals surface area contributed by atoms with Crippen molar-refractivity contribution in [3.8, 4) is 0 Å². The smallest absolute Gasteiger partial charge is 0.255 e. The highest BCUT2D eigenvalue weighted by Gasteiger charge is 2.15. The fourth-order valence-corrected chi connectivity index (χ4v) is 3.15. The topological polar surface area (TPSA) is 32.3 Å². The molecule has 0 aliphatic carbocycles. The number of hydrogen-bond acceptors (Lipinski definition) is 2. The summed E-state index contributed by atoms with van der Waals surface area (Å²) in [6, 6.07) is 15.7. The van der Waals surface area contributed by atoms with Crippen molar-refractivity contribution < 1.29 is 4.79 Å². The molecule has 1 amide bonds. The highest BCUT2D eigenvalue weighted by Crippen LogP contribution is 2.28. The van der Waals surface area contributed by atoms with E-state index in [4.69, 9.17) is 0 Å². The minimum atomic E-state index is -0.0548. The summed E-state index contributed by atoms with van der Waals surface area (Å²) >= 11 is 2.24. The molecular formula is C18H19IN2O. The minimum absolute atomic E-state index is 0.0548. The molecule has 1 saturated heterocycles. The molecule has 0 saturated carbocycles. The number of hydrogen-bond donors (Lipinski definition) is 1. The number of carbonyl (C=O) groups is 1. The van der Waals surface area contributed by atoms with Gasteiger partial charge in [0.25, 0.3) is 5.91 Å². The molecule has 2 aromatic rings. The zero-order chi connectivity index (χ0) is 15.4. The van der Waals surface area contributed by atoms with Crippen LogP contribution in [0.5, 0.6) is 0 Å². The van der Waals surface area contributed by atoms with Crippen molar-refractivity contribution in [1.82, 2.24) is 0 Å². The molecule has 3 nitrogen and oxygen atoms in total. The second kappa shape index (κ2) is 7.13. The molecule has 1 heterocycles. The Morgan fingerprint density at radius 3 is 2.36 bits per heavy atom. The summed E-state index contributed by atoms with van der Waals surface area (Å²) in [7, 11) is 0. The summed E-state index contributed by atoms with van der Waals surface area (Å²) < 4.78 is 1.13. The molecule has 4 heteroatoms. The molecule has 1 aliphatic rings. The Labute approximate surface area is 144 Å². The molecule has 3 rings (SSSR count). The fraction of sp³-hybridized carbons (Fsp3) is 0.278. The molecule has 0 bridgehead atoms. The van der Waals surface area contributed by atoms with Crippen LogP contribution in [0.4, 0.5) is 11.4 Å². The number of benzene rings is 2. The Morgan fingerprint density at radius 1 is 0.955 bits per heavy atom. The lowest BCUT2D eigenvalue weighted by Crippen LogP contribution is -2.30. The van der Waals surface area contributed by atoms with Crippen molar-refractivity contribution >= 4 is 39.9 Å². The summed E-state index contributed by atoms with van der Waals surface area (Å²) in [4.78, 5) is 14.8. The molecule has 1 aliphatic heterocycles. The van der Waals surface area contributed by atoms with Gasteiger partial charge in [-0.1, -0.05) is 12.1 Å². The number of rotatable bonds is 3. The summed E-state index contributed by atoms with van der Waals surface area (Å²) in [6.07, 6.45) is 3.74. The number of carbonyl (C=O) groups excluding carboxylic acids is 1. The third kappa shape index (κ3) is 3.61. The number of piperidine rings is 1. The quantitative estimate of drug-likeness (QED) is 0.760. The van der Waals surface area contributed by atoms with E-state index in [1.165, 1.54) is 19.3 Å². The van der Waals surface area contributed by atoms with Crippen molar-refractivity contribution in [3.63, 3.8) is 0 Å². The standard InChI is InChI=1S/C18H19IN2O/c19-15-10-8-14(9-11-15)18(22)20-16-6-2-3-7-17(16)21-12-4-1-5-13-21/h2-3,6-11H,1,4-5,12-13H2,(H,20,22). The van der Waals surface area contributed by atoms with E-state index in [2.05, 4.69) is 38.9 Å². The van der Waals surface area contributed by atoms with Crippen LogP contribution in [0, 0.1) is 3.57 Å². The number of nitrogens with one attached hydrogen (secondary N) is 1. The lowest BCUT2D eigenvalue weighted by Gasteiger charge is -2.30. The third-order valence-electron chi connectivity index (χ3n) is 3.96. The van der Waals surface area contributed by atoms with Gasteiger partial charge in [-0.25, -0.2) is 0 Å². The first-order valence-corrected chi connectivity index (χ1v) is 8.73. The SMILES string of the molecule is O=C(Nc1ccccc1N1CCCCC1)c1ccc(I)cc1. The highest BCUT2D eigenvalue weighted by molar-refractivity contribution is 14.1. The Balaban J connectivity index is 1.79. The maximum absolute atomic E-state index is 12.4. The van der Waals surface area contributed by atoms with Gasteiger partial charge < -0.3 is 10.2 Å². The van der Waals surface area contributed by atoms with Crippen LogP contribution in [-0.4, -0.2) is 19.0 Å². The Hall–Kier alpha value is -1.56. The molecule has 114 valence electrons. The van der Waals surface area contributed by atoms with Gasteiger partial charge in [0.2, 0.25) is 0 Å². The number of nitrogens with zero attached hydrogens (tertiary/aromatic N) is 1. The number of amides is 1. The monoisotopic (exact) mass is 406 g/mol. The van der Waals surface area contributed by atoms with E-state index in [0.717, 1.165) is 28.0 Å². The van der Waals surface area contributed by atoms with Gasteiger partial charge in [0, 0.05) is 22.2 Å². The zero-order valence-corrected chi connectivity index (χ0v) is 14.5. The molecule has 0 atom stereocenters. The van der Waals surface area contributed by atoms with E-state index >= 15 is 0 Å². The molecule has 0 aromatic heterocycles. The van der Waals surface area contributed by atoms with Crippen LogP contribution in [0.25, 0.3) is 0 Å². The Kier molecular flexibility index (Phi) is 4.97. The number of halogens is 1. The van der Waals surface area contributed by atoms with Gasteiger partial charge in [0.1, 0.15) is 0 Å². The Morgan fingerprint density at radius 2 is 1.64 bits per heavy atom. The lowest BCUT2D eigenvalue weighted by atomic mass is 10.1. The van der Waals surface area contributed by atoms with E-state index in [9.17, 15) is 4.79 Å². The molecule has 1 N–H and O–H groups in total. The summed E-state index contributed by atoms with van der Waals surface area (Å²) in [5.74, 6) is -0.0548. The van der Waals surface area contributed by atoms with Crippen LogP contribution >= 0.6 is 22.6 Å². The maximum atomic E-state index is 12.4. The molecule has 0 radical (unpaired) electrons. The van der Waals surface area contributed by atoms with Crippen LogP contribution in [-0.2, 0) is 0 Å².